The van der Waals surface area contributed by atoms with E-state index in [4.69, 9.17) is 9.47 Å². The first-order valence-corrected chi connectivity index (χ1v) is 8.05. The number of allylic oxidation sites excluding steroid dienone is 3. The van der Waals surface area contributed by atoms with Gasteiger partial charge in [-0.15, -0.1) is 0 Å². The Morgan fingerprint density at radius 2 is 1.67 bits per heavy atom. The maximum Gasteiger partial charge on any atom is 0.345 e. The first-order valence-electron chi connectivity index (χ1n) is 8.05. The van der Waals surface area contributed by atoms with Crippen molar-refractivity contribution < 1.29 is 28.7 Å². The molecule has 2 aliphatic rings. The Bertz CT molecular complexity index is 663. The molecule has 0 aromatic rings. The number of carbonyl (C=O) groups excluding carboxylic acids is 2. The van der Waals surface area contributed by atoms with E-state index in [1.54, 1.807) is 6.92 Å². The van der Waals surface area contributed by atoms with Crippen LogP contribution < -0.4 is 0 Å². The van der Waals surface area contributed by atoms with Crippen LogP contribution in [0.1, 0.15) is 39.0 Å². The molecule has 1 fully saturated rings. The van der Waals surface area contributed by atoms with Gasteiger partial charge in [-0.3, -0.25) is 0 Å². The fourth-order valence-corrected chi connectivity index (χ4v) is 3.23. The van der Waals surface area contributed by atoms with Gasteiger partial charge in [0.15, 0.2) is 11.3 Å². The van der Waals surface area contributed by atoms with Crippen LogP contribution in [0.15, 0.2) is 34.4 Å². The summed E-state index contributed by atoms with van der Waals surface area (Å²) < 4.78 is 11.0. The van der Waals surface area contributed by atoms with Gasteiger partial charge in [0.05, 0.1) is 14.2 Å². The summed E-state index contributed by atoms with van der Waals surface area (Å²) in [5.74, 6) is -1.02. The molecule has 1 aliphatic heterocycles. The van der Waals surface area contributed by atoms with Crippen molar-refractivity contribution in [2.75, 3.05) is 14.2 Å². The summed E-state index contributed by atoms with van der Waals surface area (Å²) in [6, 6.07) is 0. The van der Waals surface area contributed by atoms with Crippen molar-refractivity contribution in [1.29, 1.82) is 0 Å². The zero-order valence-electron chi connectivity index (χ0n) is 14.4. The molecule has 0 spiro atoms. The summed E-state index contributed by atoms with van der Waals surface area (Å²) in [4.78, 5) is 24.3. The summed E-state index contributed by atoms with van der Waals surface area (Å²) in [7, 11) is 2.49. The van der Waals surface area contributed by atoms with E-state index in [0.717, 1.165) is 25.7 Å². The van der Waals surface area contributed by atoms with Gasteiger partial charge >= 0.3 is 11.9 Å². The second-order valence-corrected chi connectivity index (χ2v) is 6.04. The van der Waals surface area contributed by atoms with Crippen molar-refractivity contribution in [2.24, 2.45) is 5.92 Å². The first kappa shape index (κ1) is 18.0. The number of nitrogens with zero attached hydrogens (tertiary/aromatic N) is 1. The van der Waals surface area contributed by atoms with E-state index < -0.39 is 11.9 Å². The highest BCUT2D eigenvalue weighted by molar-refractivity contribution is 6.08. The van der Waals surface area contributed by atoms with E-state index in [-0.39, 0.29) is 22.8 Å². The molecule has 0 unspecified atom stereocenters. The summed E-state index contributed by atoms with van der Waals surface area (Å²) >= 11 is 0. The van der Waals surface area contributed by atoms with Crippen LogP contribution in [-0.4, -0.2) is 42.6 Å². The third kappa shape index (κ3) is 3.27. The zero-order valence-corrected chi connectivity index (χ0v) is 14.4. The van der Waals surface area contributed by atoms with Crippen LogP contribution in [0.3, 0.4) is 0 Å². The first-order chi connectivity index (χ1) is 11.4. The van der Waals surface area contributed by atoms with Crippen LogP contribution in [0.25, 0.3) is 0 Å². The van der Waals surface area contributed by atoms with Crippen molar-refractivity contribution in [3.63, 3.8) is 0 Å². The summed E-state index contributed by atoms with van der Waals surface area (Å²) in [6.45, 7) is 5.55. The highest BCUT2D eigenvalue weighted by Gasteiger charge is 2.42. The predicted octanol–water partition coefficient (Wildman–Crippen LogP) is 2.61. The second kappa shape index (κ2) is 7.47. The van der Waals surface area contributed by atoms with Crippen molar-refractivity contribution in [3.05, 3.63) is 34.4 Å². The van der Waals surface area contributed by atoms with Crippen molar-refractivity contribution in [3.8, 4) is 0 Å². The molecule has 0 amide bonds. The van der Waals surface area contributed by atoms with Gasteiger partial charge in [-0.25, -0.2) is 9.59 Å². The smallest absolute Gasteiger partial charge is 0.345 e. The molecule has 0 saturated heterocycles. The SMILES string of the molecule is C=[N+]1C(C)=C(C(=O)OC)C(C(=O)OC)=C1/C=C(\O)C1CCCCC1. The lowest BCUT2D eigenvalue weighted by Gasteiger charge is -2.20. The number of rotatable bonds is 4. The van der Waals surface area contributed by atoms with E-state index >= 15 is 0 Å². The minimum Gasteiger partial charge on any atom is -0.512 e. The average molecular weight is 334 g/mol. The molecule has 130 valence electrons. The molecular formula is C18H24NO5+. The van der Waals surface area contributed by atoms with Gasteiger partial charge in [0.1, 0.15) is 18.0 Å². The van der Waals surface area contributed by atoms with Gasteiger partial charge in [0, 0.05) is 18.9 Å². The quantitative estimate of drug-likeness (QED) is 0.486. The lowest BCUT2D eigenvalue weighted by molar-refractivity contribution is -0.403. The van der Waals surface area contributed by atoms with Crippen molar-refractivity contribution in [2.45, 2.75) is 39.0 Å². The van der Waals surface area contributed by atoms with E-state index in [1.807, 2.05) is 0 Å². The summed E-state index contributed by atoms with van der Waals surface area (Å²) in [6.07, 6.45) is 6.67. The average Bonchev–Trinajstić information content (AvgIpc) is 2.86. The number of methoxy groups -OCH3 is 2. The molecule has 6 heteroatoms. The van der Waals surface area contributed by atoms with Crippen LogP contribution in [0.4, 0.5) is 0 Å². The molecule has 1 heterocycles. The highest BCUT2D eigenvalue weighted by Crippen LogP contribution is 2.34. The van der Waals surface area contributed by atoms with Crippen LogP contribution in [0.5, 0.6) is 0 Å². The Hall–Kier alpha value is -2.37. The number of ether oxygens (including phenoxy) is 2. The standard InChI is InChI=1S/C18H23NO5/c1-11-15(17(21)23-3)16(18(22)24-4)13(19(11)2)10-14(20)12-8-6-5-7-9-12/h10,12H,2,5-9H2,1,3-4H3/p+1. The number of carbonyl (C=O) groups is 2. The van der Waals surface area contributed by atoms with Crippen LogP contribution in [0.2, 0.25) is 0 Å². The van der Waals surface area contributed by atoms with Crippen molar-refractivity contribution in [1.82, 2.24) is 0 Å². The number of hydrogen-bond acceptors (Lipinski definition) is 5. The number of esters is 2. The van der Waals surface area contributed by atoms with E-state index in [1.165, 1.54) is 31.3 Å². The molecule has 0 atom stereocenters. The second-order valence-electron chi connectivity index (χ2n) is 6.04. The minimum atomic E-state index is -0.663. The monoisotopic (exact) mass is 334 g/mol. The Balaban J connectivity index is 2.49. The van der Waals surface area contributed by atoms with Crippen LogP contribution in [0, 0.1) is 5.92 Å². The zero-order chi connectivity index (χ0) is 17.9. The van der Waals surface area contributed by atoms with Crippen LogP contribution >= 0.6 is 0 Å². The Morgan fingerprint density at radius 1 is 1.12 bits per heavy atom. The Labute approximate surface area is 141 Å². The van der Waals surface area contributed by atoms with Gasteiger partial charge in [0.25, 0.3) is 0 Å². The largest absolute Gasteiger partial charge is 0.512 e. The van der Waals surface area contributed by atoms with Gasteiger partial charge in [-0.2, -0.15) is 4.58 Å². The van der Waals surface area contributed by atoms with E-state index in [9.17, 15) is 14.7 Å². The molecule has 1 aliphatic carbocycles. The van der Waals surface area contributed by atoms with Gasteiger partial charge in [-0.1, -0.05) is 19.3 Å². The van der Waals surface area contributed by atoms with E-state index in [2.05, 4.69) is 6.72 Å². The maximum atomic E-state index is 12.2. The lowest BCUT2D eigenvalue weighted by atomic mass is 9.87. The molecule has 0 aromatic carbocycles. The molecular weight excluding hydrogens is 310 g/mol. The van der Waals surface area contributed by atoms with Crippen molar-refractivity contribution >= 4 is 18.7 Å². The van der Waals surface area contributed by atoms with Gasteiger partial charge in [0.2, 0.25) is 5.70 Å². The number of hydrogen-bond donors (Lipinski definition) is 1. The molecule has 2 rings (SSSR count). The fraction of sp³-hybridized carbons (Fsp3) is 0.500. The highest BCUT2D eigenvalue weighted by atomic mass is 16.5. The molecule has 6 nitrogen and oxygen atoms in total. The molecule has 24 heavy (non-hydrogen) atoms. The summed E-state index contributed by atoms with van der Waals surface area (Å²) in [5, 5.41) is 10.5. The minimum absolute atomic E-state index is 0.0687. The van der Waals surface area contributed by atoms with Gasteiger partial charge in [-0.05, 0) is 12.8 Å². The third-order valence-electron chi connectivity index (χ3n) is 4.65. The molecule has 1 saturated carbocycles. The number of aliphatic hydroxyl groups excluding tert-OH is 1. The van der Waals surface area contributed by atoms with E-state index in [0.29, 0.717) is 11.4 Å². The molecule has 0 radical (unpaired) electrons. The number of aliphatic hydroxyl groups is 1. The molecule has 0 bridgehead atoms. The Morgan fingerprint density at radius 3 is 2.21 bits per heavy atom. The van der Waals surface area contributed by atoms with Crippen LogP contribution in [-0.2, 0) is 19.1 Å². The maximum absolute atomic E-state index is 12.2. The topological polar surface area (TPSA) is 75.8 Å². The lowest BCUT2D eigenvalue weighted by Crippen LogP contribution is -2.15. The molecule has 1 N–H and O–H groups in total. The normalized spacial score (nSPS) is 19.8. The molecule has 0 aromatic heterocycles. The fourth-order valence-electron chi connectivity index (χ4n) is 3.23. The summed E-state index contributed by atoms with van der Waals surface area (Å²) in [5.41, 5.74) is 1.01. The van der Waals surface area contributed by atoms with Gasteiger partial charge < -0.3 is 14.6 Å². The third-order valence-corrected chi connectivity index (χ3v) is 4.65. The Kier molecular flexibility index (Phi) is 5.59. The predicted molar refractivity (Wildman–Crippen MR) is 88.4 cm³/mol.